The fourth-order valence-corrected chi connectivity index (χ4v) is 6.81. The molecule has 1 aromatic carbocycles. The summed E-state index contributed by atoms with van der Waals surface area (Å²) < 4.78 is 20.9. The molecule has 1 aromatic rings. The minimum Gasteiger partial charge on any atom is -0.490 e. The zero-order valence-corrected chi connectivity index (χ0v) is 22.9. The van der Waals surface area contributed by atoms with Crippen LogP contribution in [0.1, 0.15) is 83.1 Å². The van der Waals surface area contributed by atoms with Gasteiger partial charge in [-0.3, -0.25) is 9.59 Å². The first-order valence-electron chi connectivity index (χ1n) is 14.3. The highest BCUT2D eigenvalue weighted by Crippen LogP contribution is 2.45. The Hall–Kier alpha value is -2.66. The van der Waals surface area contributed by atoms with Gasteiger partial charge in [0, 0.05) is 24.7 Å². The van der Waals surface area contributed by atoms with Gasteiger partial charge in [-0.25, -0.2) is 4.39 Å². The molecule has 0 spiro atoms. The van der Waals surface area contributed by atoms with Crippen LogP contribution in [0.25, 0.3) is 0 Å². The summed E-state index contributed by atoms with van der Waals surface area (Å²) in [5.41, 5.74) is -1.07. The van der Waals surface area contributed by atoms with Gasteiger partial charge in [0.15, 0.2) is 11.6 Å². The van der Waals surface area contributed by atoms with E-state index in [1.165, 1.54) is 6.07 Å². The number of aliphatic carboxylic acids is 1. The molecule has 0 bridgehead atoms. The van der Waals surface area contributed by atoms with Crippen molar-refractivity contribution in [1.29, 1.82) is 5.26 Å². The average Bonchev–Trinajstić information content (AvgIpc) is 2.89. The number of nitriles is 1. The molecule has 3 aliphatic rings. The van der Waals surface area contributed by atoms with Gasteiger partial charge < -0.3 is 19.6 Å². The molecular formula is C30H42FN3O4. The van der Waals surface area contributed by atoms with Gasteiger partial charge in [0.25, 0.3) is 0 Å². The Bertz CT molecular complexity index is 1040. The molecule has 2 aliphatic heterocycles. The minimum atomic E-state index is -0.934. The van der Waals surface area contributed by atoms with Crippen LogP contribution >= 0.6 is 0 Å². The van der Waals surface area contributed by atoms with Crippen molar-refractivity contribution in [2.75, 3.05) is 33.3 Å². The summed E-state index contributed by atoms with van der Waals surface area (Å²) in [6.45, 7) is 4.29. The number of hydrogen-bond donors (Lipinski definition) is 1. The number of benzene rings is 1. The van der Waals surface area contributed by atoms with Crippen molar-refractivity contribution in [2.24, 2.45) is 11.3 Å². The van der Waals surface area contributed by atoms with Crippen molar-refractivity contribution in [2.45, 2.75) is 89.0 Å². The van der Waals surface area contributed by atoms with Crippen LogP contribution < -0.4 is 4.74 Å². The lowest BCUT2D eigenvalue weighted by Gasteiger charge is -2.43. The average molecular weight is 528 g/mol. The summed E-state index contributed by atoms with van der Waals surface area (Å²) in [5, 5.41) is 19.9. The first-order valence-corrected chi connectivity index (χ1v) is 14.3. The first kappa shape index (κ1) is 28.4. The summed E-state index contributed by atoms with van der Waals surface area (Å²) in [6.07, 6.45) is 8.10. The molecule has 8 heteroatoms. The molecule has 2 heterocycles. The highest BCUT2D eigenvalue weighted by Gasteiger charge is 2.45. The molecule has 208 valence electrons. The number of carboxylic acid groups (broad SMARTS) is 1. The zero-order valence-electron chi connectivity index (χ0n) is 22.9. The van der Waals surface area contributed by atoms with E-state index in [4.69, 9.17) is 4.74 Å². The smallest absolute Gasteiger partial charge is 0.309 e. The number of halogens is 1. The van der Waals surface area contributed by atoms with Crippen molar-refractivity contribution in [3.8, 4) is 11.8 Å². The molecule has 3 fully saturated rings. The molecule has 1 N–H and O–H groups in total. The fraction of sp³-hybridized carbons (Fsp3) is 0.700. The monoisotopic (exact) mass is 527 g/mol. The van der Waals surface area contributed by atoms with E-state index in [-0.39, 0.29) is 30.2 Å². The maximum Gasteiger partial charge on any atom is 0.309 e. The molecule has 38 heavy (non-hydrogen) atoms. The predicted molar refractivity (Wildman–Crippen MR) is 142 cm³/mol. The number of carbonyl (C=O) groups excluding carboxylic acids is 1. The van der Waals surface area contributed by atoms with Crippen LogP contribution in [0, 0.1) is 28.5 Å². The number of amides is 1. The lowest BCUT2D eigenvalue weighted by molar-refractivity contribution is -0.155. The third kappa shape index (κ3) is 5.54. The number of likely N-dealkylation sites (tertiary alicyclic amines) is 2. The number of rotatable bonds is 10. The molecule has 2 atom stereocenters. The number of para-hydroxylation sites is 1. The van der Waals surface area contributed by atoms with Gasteiger partial charge in [-0.1, -0.05) is 31.9 Å². The van der Waals surface area contributed by atoms with E-state index in [9.17, 15) is 24.3 Å². The number of nitrogens with zero attached hydrogens (tertiary/aromatic N) is 3. The van der Waals surface area contributed by atoms with E-state index in [1.54, 1.807) is 12.1 Å². The van der Waals surface area contributed by atoms with Crippen molar-refractivity contribution in [3.63, 3.8) is 0 Å². The Morgan fingerprint density at radius 2 is 1.92 bits per heavy atom. The second-order valence-corrected chi connectivity index (χ2v) is 11.6. The van der Waals surface area contributed by atoms with Gasteiger partial charge in [0.1, 0.15) is 0 Å². The molecular weight excluding hydrogens is 485 g/mol. The first-order chi connectivity index (χ1) is 18.3. The Kier molecular flexibility index (Phi) is 8.97. The van der Waals surface area contributed by atoms with E-state index >= 15 is 0 Å². The standard InChI is InChI=1S/C30H42FN3O4/c1-3-8-25-22(9-5-17-33(25)2)27(35)34-18-15-30(21-32,16-19-34)23-10-4-11-24(31)26(23)38-20-7-14-29(28(36)37)12-6-13-29/h4,10-11,22,25H,3,5-9,12-20H2,1-2H3,(H,36,37). The van der Waals surface area contributed by atoms with Crippen molar-refractivity contribution in [3.05, 3.63) is 29.6 Å². The number of carbonyl (C=O) groups is 2. The third-order valence-electron chi connectivity index (χ3n) is 9.39. The van der Waals surface area contributed by atoms with Crippen LogP contribution in [0.15, 0.2) is 18.2 Å². The zero-order chi connectivity index (χ0) is 27.3. The van der Waals surface area contributed by atoms with Gasteiger partial charge in [0.05, 0.1) is 29.4 Å². The van der Waals surface area contributed by atoms with Crippen LogP contribution in [0.5, 0.6) is 5.75 Å². The van der Waals surface area contributed by atoms with Crippen molar-refractivity contribution in [1.82, 2.24) is 9.80 Å². The SMILES string of the molecule is CCCC1C(C(=O)N2CCC(C#N)(c3cccc(F)c3OCCCC3(C(=O)O)CCC3)CC2)CCCN1C. The lowest BCUT2D eigenvalue weighted by Crippen LogP contribution is -2.53. The molecule has 1 aliphatic carbocycles. The van der Waals surface area contributed by atoms with E-state index < -0.39 is 22.6 Å². The van der Waals surface area contributed by atoms with Crippen LogP contribution in [0.4, 0.5) is 4.39 Å². The normalized spacial score (nSPS) is 24.7. The molecule has 2 unspecified atom stereocenters. The van der Waals surface area contributed by atoms with Crippen LogP contribution in [-0.2, 0) is 15.0 Å². The summed E-state index contributed by atoms with van der Waals surface area (Å²) in [7, 11) is 2.11. The fourth-order valence-electron chi connectivity index (χ4n) is 6.81. The summed E-state index contributed by atoms with van der Waals surface area (Å²) in [4.78, 5) is 29.4. The van der Waals surface area contributed by atoms with E-state index in [0.717, 1.165) is 38.6 Å². The molecule has 7 nitrogen and oxygen atoms in total. The Labute approximate surface area is 225 Å². The molecule has 1 saturated carbocycles. The van der Waals surface area contributed by atoms with Crippen LogP contribution in [0.2, 0.25) is 0 Å². The molecule has 0 radical (unpaired) electrons. The second kappa shape index (κ2) is 12.0. The quantitative estimate of drug-likeness (QED) is 0.424. The lowest BCUT2D eigenvalue weighted by atomic mass is 9.66. The van der Waals surface area contributed by atoms with Gasteiger partial charge in [0.2, 0.25) is 5.91 Å². The molecule has 1 amide bonds. The number of piperidine rings is 2. The molecule has 4 rings (SSSR count). The van der Waals surface area contributed by atoms with E-state index in [0.29, 0.717) is 57.2 Å². The number of ether oxygens (including phenoxy) is 1. The maximum absolute atomic E-state index is 15.0. The summed E-state index contributed by atoms with van der Waals surface area (Å²) in [6, 6.07) is 7.41. The largest absolute Gasteiger partial charge is 0.490 e. The van der Waals surface area contributed by atoms with Gasteiger partial charge in [-0.15, -0.1) is 0 Å². The second-order valence-electron chi connectivity index (χ2n) is 11.6. The number of carboxylic acids is 1. The third-order valence-corrected chi connectivity index (χ3v) is 9.39. The van der Waals surface area contributed by atoms with Crippen molar-refractivity contribution >= 4 is 11.9 Å². The van der Waals surface area contributed by atoms with Crippen LogP contribution in [-0.4, -0.2) is 66.1 Å². The summed E-state index contributed by atoms with van der Waals surface area (Å²) in [5.74, 6) is -1.02. The highest BCUT2D eigenvalue weighted by molar-refractivity contribution is 5.80. The summed E-state index contributed by atoms with van der Waals surface area (Å²) >= 11 is 0. The molecule has 0 aromatic heterocycles. The Morgan fingerprint density at radius 1 is 1.18 bits per heavy atom. The maximum atomic E-state index is 15.0. The van der Waals surface area contributed by atoms with Gasteiger partial charge >= 0.3 is 5.97 Å². The van der Waals surface area contributed by atoms with Crippen LogP contribution in [0.3, 0.4) is 0 Å². The number of hydrogen-bond acceptors (Lipinski definition) is 5. The Morgan fingerprint density at radius 3 is 2.53 bits per heavy atom. The van der Waals surface area contributed by atoms with Gasteiger partial charge in [-0.2, -0.15) is 5.26 Å². The van der Waals surface area contributed by atoms with E-state index in [2.05, 4.69) is 24.9 Å². The molecule has 2 saturated heterocycles. The topological polar surface area (TPSA) is 93.9 Å². The van der Waals surface area contributed by atoms with Crippen molar-refractivity contribution < 1.29 is 23.8 Å². The van der Waals surface area contributed by atoms with Gasteiger partial charge in [-0.05, 0) is 77.4 Å². The Balaban J connectivity index is 1.42. The predicted octanol–water partition coefficient (Wildman–Crippen LogP) is 5.13. The highest BCUT2D eigenvalue weighted by atomic mass is 19.1. The van der Waals surface area contributed by atoms with E-state index in [1.807, 2.05) is 4.90 Å². The minimum absolute atomic E-state index is 0.0129.